The van der Waals surface area contributed by atoms with E-state index < -0.39 is 6.10 Å². The predicted octanol–water partition coefficient (Wildman–Crippen LogP) is 1.19. The van der Waals surface area contributed by atoms with Crippen LogP contribution in [0.3, 0.4) is 0 Å². The molecule has 14 heavy (non-hydrogen) atoms. The molecule has 0 fully saturated rings. The molecule has 0 aliphatic carbocycles. The van der Waals surface area contributed by atoms with Gasteiger partial charge in [-0.1, -0.05) is 28.1 Å². The fourth-order valence-corrected chi connectivity index (χ4v) is 1.45. The third kappa shape index (κ3) is 3.38. The number of aliphatic hydroxyl groups excluding tert-OH is 2. The Balaban J connectivity index is 2.60. The van der Waals surface area contributed by atoms with E-state index in [0.717, 1.165) is 10.0 Å². The lowest BCUT2D eigenvalue weighted by molar-refractivity contribution is 0.140. The first-order valence-corrected chi connectivity index (χ1v) is 5.22. The third-order valence-corrected chi connectivity index (χ3v) is 2.54. The summed E-state index contributed by atoms with van der Waals surface area (Å²) in [6.45, 7) is -0.104. The average Bonchev–Trinajstić information content (AvgIpc) is 2.18. The Morgan fingerprint density at radius 2 is 1.86 bits per heavy atom. The highest BCUT2D eigenvalue weighted by atomic mass is 79.9. The molecule has 1 aromatic rings. The van der Waals surface area contributed by atoms with E-state index in [1.807, 2.05) is 24.3 Å². The molecular formula is C10H14BrNO2. The van der Waals surface area contributed by atoms with Crippen molar-refractivity contribution in [3.63, 3.8) is 0 Å². The van der Waals surface area contributed by atoms with E-state index in [2.05, 4.69) is 15.9 Å². The van der Waals surface area contributed by atoms with Gasteiger partial charge in [0.05, 0.1) is 12.7 Å². The maximum atomic E-state index is 9.71. The minimum Gasteiger partial charge on any atom is -0.395 e. The van der Waals surface area contributed by atoms with Crippen LogP contribution in [0.4, 0.5) is 0 Å². The monoisotopic (exact) mass is 259 g/mol. The Hall–Kier alpha value is -0.420. The predicted molar refractivity (Wildman–Crippen MR) is 58.8 cm³/mol. The highest BCUT2D eigenvalue weighted by Gasteiger charge is 2.11. The van der Waals surface area contributed by atoms with E-state index in [4.69, 9.17) is 10.8 Å². The summed E-state index contributed by atoms with van der Waals surface area (Å²) in [5.41, 5.74) is 6.34. The Labute approximate surface area is 91.7 Å². The minimum atomic E-state index is -0.606. The zero-order valence-electron chi connectivity index (χ0n) is 7.73. The highest BCUT2D eigenvalue weighted by Crippen LogP contribution is 2.19. The van der Waals surface area contributed by atoms with Crippen LogP contribution < -0.4 is 5.73 Å². The summed E-state index contributed by atoms with van der Waals surface area (Å²) in [6, 6.07) is 7.03. The van der Waals surface area contributed by atoms with Crippen molar-refractivity contribution in [1.82, 2.24) is 0 Å². The van der Waals surface area contributed by atoms with Crippen LogP contribution in [0.1, 0.15) is 18.1 Å². The van der Waals surface area contributed by atoms with Crippen molar-refractivity contribution in [2.45, 2.75) is 18.6 Å². The molecule has 3 nitrogen and oxygen atoms in total. The molecule has 0 bridgehead atoms. The van der Waals surface area contributed by atoms with Gasteiger partial charge < -0.3 is 15.9 Å². The summed E-state index contributed by atoms with van der Waals surface area (Å²) in [5.74, 6) is 0. The molecule has 0 radical (unpaired) electrons. The van der Waals surface area contributed by atoms with E-state index in [-0.39, 0.29) is 12.6 Å². The minimum absolute atomic E-state index is 0.104. The molecule has 2 atom stereocenters. The summed E-state index contributed by atoms with van der Waals surface area (Å²) in [5, 5.41) is 18.4. The number of aliphatic hydroxyl groups is 2. The van der Waals surface area contributed by atoms with E-state index >= 15 is 0 Å². The lowest BCUT2D eigenvalue weighted by Gasteiger charge is -2.14. The third-order valence-electron chi connectivity index (χ3n) is 2.02. The zero-order chi connectivity index (χ0) is 10.6. The van der Waals surface area contributed by atoms with Crippen LogP contribution in [0.25, 0.3) is 0 Å². The highest BCUT2D eigenvalue weighted by molar-refractivity contribution is 9.10. The first-order chi connectivity index (χ1) is 6.63. The molecule has 4 heteroatoms. The molecule has 1 aromatic carbocycles. The smallest absolute Gasteiger partial charge is 0.0805 e. The normalized spacial score (nSPS) is 15.1. The number of nitrogens with two attached hydrogens (primary N) is 1. The molecule has 4 N–H and O–H groups in total. The Kier molecular flexibility index (Phi) is 4.54. The Morgan fingerprint density at radius 3 is 2.36 bits per heavy atom. The van der Waals surface area contributed by atoms with Crippen LogP contribution in [0.2, 0.25) is 0 Å². The summed E-state index contributed by atoms with van der Waals surface area (Å²) in [4.78, 5) is 0. The summed E-state index contributed by atoms with van der Waals surface area (Å²) < 4.78 is 0.972. The molecule has 0 unspecified atom stereocenters. The van der Waals surface area contributed by atoms with Gasteiger partial charge in [0.15, 0.2) is 0 Å². The van der Waals surface area contributed by atoms with E-state index in [9.17, 15) is 5.11 Å². The van der Waals surface area contributed by atoms with Gasteiger partial charge in [0.25, 0.3) is 0 Å². The van der Waals surface area contributed by atoms with Gasteiger partial charge in [-0.3, -0.25) is 0 Å². The van der Waals surface area contributed by atoms with Gasteiger partial charge in [0, 0.05) is 10.5 Å². The summed E-state index contributed by atoms with van der Waals surface area (Å²) >= 11 is 3.31. The topological polar surface area (TPSA) is 66.5 Å². The zero-order valence-corrected chi connectivity index (χ0v) is 9.31. The first kappa shape index (κ1) is 11.7. The molecule has 0 aromatic heterocycles. The molecule has 0 aliphatic heterocycles. The van der Waals surface area contributed by atoms with Gasteiger partial charge >= 0.3 is 0 Å². The molecular weight excluding hydrogens is 246 g/mol. The van der Waals surface area contributed by atoms with Crippen LogP contribution in [-0.4, -0.2) is 22.9 Å². The molecule has 0 aliphatic rings. The maximum absolute atomic E-state index is 9.71. The fourth-order valence-electron chi connectivity index (χ4n) is 1.18. The van der Waals surface area contributed by atoms with Crippen LogP contribution >= 0.6 is 15.9 Å². The van der Waals surface area contributed by atoms with Crippen molar-refractivity contribution in [1.29, 1.82) is 0 Å². The van der Waals surface area contributed by atoms with Crippen LogP contribution in [-0.2, 0) is 0 Å². The van der Waals surface area contributed by atoms with Crippen molar-refractivity contribution < 1.29 is 10.2 Å². The maximum Gasteiger partial charge on any atom is 0.0805 e. The summed E-state index contributed by atoms with van der Waals surface area (Å²) in [7, 11) is 0. The molecule has 0 spiro atoms. The number of halogens is 1. The lowest BCUT2D eigenvalue weighted by atomic mass is 10.0. The Morgan fingerprint density at radius 1 is 1.29 bits per heavy atom. The number of hydrogen-bond donors (Lipinski definition) is 3. The first-order valence-electron chi connectivity index (χ1n) is 4.43. The van der Waals surface area contributed by atoms with Gasteiger partial charge in [-0.2, -0.15) is 0 Å². The van der Waals surface area contributed by atoms with E-state index in [0.29, 0.717) is 6.42 Å². The number of rotatable bonds is 4. The van der Waals surface area contributed by atoms with Crippen molar-refractivity contribution in [2.24, 2.45) is 5.73 Å². The van der Waals surface area contributed by atoms with E-state index in [1.54, 1.807) is 0 Å². The number of benzene rings is 1. The van der Waals surface area contributed by atoms with Crippen LogP contribution in [0.5, 0.6) is 0 Å². The molecule has 0 saturated heterocycles. The molecule has 0 amide bonds. The largest absolute Gasteiger partial charge is 0.395 e. The SMILES string of the molecule is N[C@H](CO)C[C@@H](O)c1ccc(Br)cc1. The molecule has 78 valence electrons. The second-order valence-corrected chi connectivity index (χ2v) is 4.16. The lowest BCUT2D eigenvalue weighted by Crippen LogP contribution is -2.26. The van der Waals surface area contributed by atoms with Crippen molar-refractivity contribution in [3.8, 4) is 0 Å². The average molecular weight is 260 g/mol. The Bertz CT molecular complexity index is 276. The standard InChI is InChI=1S/C10H14BrNO2/c11-8-3-1-7(2-4-8)10(14)5-9(12)6-13/h1-4,9-10,13-14H,5-6,12H2/t9-,10+/m0/s1. The molecule has 0 heterocycles. The van der Waals surface area contributed by atoms with Crippen LogP contribution in [0, 0.1) is 0 Å². The van der Waals surface area contributed by atoms with Gasteiger partial charge in [0.1, 0.15) is 0 Å². The number of hydrogen-bond acceptors (Lipinski definition) is 3. The van der Waals surface area contributed by atoms with Crippen molar-refractivity contribution >= 4 is 15.9 Å². The second kappa shape index (κ2) is 5.46. The van der Waals surface area contributed by atoms with Gasteiger partial charge in [-0.15, -0.1) is 0 Å². The molecule has 0 saturated carbocycles. The summed E-state index contributed by atoms with van der Waals surface area (Å²) in [6.07, 6.45) is -0.233. The van der Waals surface area contributed by atoms with Gasteiger partial charge in [-0.05, 0) is 24.1 Å². The second-order valence-electron chi connectivity index (χ2n) is 3.25. The van der Waals surface area contributed by atoms with E-state index in [1.165, 1.54) is 0 Å². The van der Waals surface area contributed by atoms with Gasteiger partial charge in [-0.25, -0.2) is 0 Å². The van der Waals surface area contributed by atoms with Crippen LogP contribution in [0.15, 0.2) is 28.7 Å². The molecule has 1 rings (SSSR count). The van der Waals surface area contributed by atoms with Crippen molar-refractivity contribution in [2.75, 3.05) is 6.61 Å². The van der Waals surface area contributed by atoms with Crippen molar-refractivity contribution in [3.05, 3.63) is 34.3 Å². The van der Waals surface area contributed by atoms with Gasteiger partial charge in [0.2, 0.25) is 0 Å². The fraction of sp³-hybridized carbons (Fsp3) is 0.400. The quantitative estimate of drug-likeness (QED) is 0.761.